The Balaban J connectivity index is 2.95. The largest absolute Gasteiger partial charge is 0.406 e. The number of nitrogens with zero attached hydrogens (tertiary/aromatic N) is 1. The summed E-state index contributed by atoms with van der Waals surface area (Å²) < 4.78 is 37.3. The topological polar surface area (TPSA) is 20.3 Å². The van der Waals surface area contributed by atoms with Crippen LogP contribution < -0.4 is 0 Å². The summed E-state index contributed by atoms with van der Waals surface area (Å²) in [7, 11) is 0. The van der Waals surface area contributed by atoms with Gasteiger partial charge in [-0.05, 0) is 37.1 Å². The van der Waals surface area contributed by atoms with Crippen molar-refractivity contribution in [2.45, 2.75) is 26.4 Å². The van der Waals surface area contributed by atoms with Crippen LogP contribution in [0, 0.1) is 6.92 Å². The van der Waals surface area contributed by atoms with Crippen LogP contribution in [0.5, 0.6) is 0 Å². The number of benzene rings is 1. The molecule has 1 aromatic carbocycles. The van der Waals surface area contributed by atoms with Gasteiger partial charge >= 0.3 is 6.18 Å². The van der Waals surface area contributed by atoms with Crippen LogP contribution >= 0.6 is 11.6 Å². The molecule has 0 aliphatic carbocycles. The molecular formula is C13H15ClF3NO. The predicted octanol–water partition coefficient (Wildman–Crippen LogP) is 4.06. The third-order valence-corrected chi connectivity index (χ3v) is 2.98. The maximum atomic E-state index is 12.4. The van der Waals surface area contributed by atoms with E-state index in [1.54, 1.807) is 13.8 Å². The molecule has 0 aliphatic rings. The molecule has 0 atom stereocenters. The molecule has 0 unspecified atom stereocenters. The van der Waals surface area contributed by atoms with Crippen molar-refractivity contribution >= 4 is 17.5 Å². The fourth-order valence-electron chi connectivity index (χ4n) is 1.70. The first kappa shape index (κ1) is 15.8. The lowest BCUT2D eigenvalue weighted by molar-refractivity contribution is -0.140. The maximum Gasteiger partial charge on any atom is 0.406 e. The Morgan fingerprint density at radius 1 is 1.37 bits per heavy atom. The lowest BCUT2D eigenvalue weighted by Gasteiger charge is -2.23. The summed E-state index contributed by atoms with van der Waals surface area (Å²) in [5.41, 5.74) is 0.885. The Morgan fingerprint density at radius 3 is 2.47 bits per heavy atom. The van der Waals surface area contributed by atoms with Crippen LogP contribution in [0.3, 0.4) is 0 Å². The van der Waals surface area contributed by atoms with E-state index >= 15 is 0 Å². The quantitative estimate of drug-likeness (QED) is 0.820. The SMILES string of the molecule is CCCN(CC(F)(F)F)C(=O)c1ccc(Cl)c(C)c1. The van der Waals surface area contributed by atoms with Gasteiger partial charge in [0.2, 0.25) is 0 Å². The van der Waals surface area contributed by atoms with Crippen LogP contribution in [0.2, 0.25) is 5.02 Å². The van der Waals surface area contributed by atoms with E-state index in [4.69, 9.17) is 11.6 Å². The first-order valence-corrected chi connectivity index (χ1v) is 6.24. The number of carbonyl (C=O) groups excluding carboxylic acids is 1. The molecule has 106 valence electrons. The van der Waals surface area contributed by atoms with E-state index in [9.17, 15) is 18.0 Å². The fraction of sp³-hybridized carbons (Fsp3) is 0.462. The van der Waals surface area contributed by atoms with Crippen molar-refractivity contribution in [2.24, 2.45) is 0 Å². The third kappa shape index (κ3) is 4.74. The van der Waals surface area contributed by atoms with Crippen molar-refractivity contribution in [2.75, 3.05) is 13.1 Å². The average molecular weight is 294 g/mol. The molecule has 0 saturated carbocycles. The van der Waals surface area contributed by atoms with Crippen LogP contribution in [0.4, 0.5) is 13.2 Å². The van der Waals surface area contributed by atoms with Crippen molar-refractivity contribution in [1.29, 1.82) is 0 Å². The summed E-state index contributed by atoms with van der Waals surface area (Å²) in [5.74, 6) is -0.626. The third-order valence-electron chi connectivity index (χ3n) is 2.56. The second-order valence-electron chi connectivity index (χ2n) is 4.31. The highest BCUT2D eigenvalue weighted by molar-refractivity contribution is 6.31. The van der Waals surface area contributed by atoms with Gasteiger partial charge in [-0.2, -0.15) is 13.2 Å². The van der Waals surface area contributed by atoms with Crippen molar-refractivity contribution in [1.82, 2.24) is 4.90 Å². The van der Waals surface area contributed by atoms with E-state index < -0.39 is 18.6 Å². The Kier molecular flexibility index (Phi) is 5.23. The van der Waals surface area contributed by atoms with Crippen molar-refractivity contribution in [3.8, 4) is 0 Å². The maximum absolute atomic E-state index is 12.4. The van der Waals surface area contributed by atoms with E-state index in [0.717, 1.165) is 4.90 Å². The minimum absolute atomic E-state index is 0.0695. The van der Waals surface area contributed by atoms with Crippen LogP contribution in [-0.2, 0) is 0 Å². The number of halogens is 4. The summed E-state index contributed by atoms with van der Waals surface area (Å²) >= 11 is 5.83. The van der Waals surface area contributed by atoms with Crippen LogP contribution in [0.15, 0.2) is 18.2 Å². The summed E-state index contributed by atoms with van der Waals surface area (Å²) in [5, 5.41) is 0.481. The van der Waals surface area contributed by atoms with Gasteiger partial charge < -0.3 is 4.90 Å². The molecule has 0 heterocycles. The highest BCUT2D eigenvalue weighted by atomic mass is 35.5. The van der Waals surface area contributed by atoms with E-state index in [-0.39, 0.29) is 12.1 Å². The number of hydrogen-bond donors (Lipinski definition) is 0. The van der Waals surface area contributed by atoms with E-state index in [1.807, 2.05) is 0 Å². The molecule has 0 aliphatic heterocycles. The molecule has 6 heteroatoms. The number of alkyl halides is 3. The number of carbonyl (C=O) groups is 1. The lowest BCUT2D eigenvalue weighted by atomic mass is 10.1. The molecule has 1 rings (SSSR count). The predicted molar refractivity (Wildman–Crippen MR) is 68.4 cm³/mol. The molecule has 0 N–H and O–H groups in total. The second kappa shape index (κ2) is 6.28. The minimum Gasteiger partial charge on any atom is -0.330 e. The van der Waals surface area contributed by atoms with Gasteiger partial charge in [0, 0.05) is 17.1 Å². The Morgan fingerprint density at radius 2 is 2.00 bits per heavy atom. The molecule has 0 saturated heterocycles. The van der Waals surface area contributed by atoms with Crippen molar-refractivity contribution in [3.63, 3.8) is 0 Å². The van der Waals surface area contributed by atoms with E-state index in [1.165, 1.54) is 18.2 Å². The highest BCUT2D eigenvalue weighted by Gasteiger charge is 2.33. The number of aryl methyl sites for hydroxylation is 1. The van der Waals surface area contributed by atoms with Crippen LogP contribution in [0.1, 0.15) is 29.3 Å². The zero-order valence-electron chi connectivity index (χ0n) is 10.7. The summed E-state index contributed by atoms with van der Waals surface area (Å²) in [6.07, 6.45) is -3.93. The molecule has 0 bridgehead atoms. The second-order valence-corrected chi connectivity index (χ2v) is 4.71. The molecule has 0 aromatic heterocycles. The van der Waals surface area contributed by atoms with Crippen LogP contribution in [-0.4, -0.2) is 30.1 Å². The Bertz CT molecular complexity index is 460. The van der Waals surface area contributed by atoms with Gasteiger partial charge in [0.25, 0.3) is 5.91 Å². The molecular weight excluding hydrogens is 279 g/mol. The molecule has 2 nitrogen and oxygen atoms in total. The van der Waals surface area contributed by atoms with Gasteiger partial charge in [0.1, 0.15) is 6.54 Å². The Hall–Kier alpha value is -1.23. The Labute approximate surface area is 115 Å². The zero-order valence-corrected chi connectivity index (χ0v) is 11.5. The van der Waals surface area contributed by atoms with E-state index in [2.05, 4.69) is 0 Å². The van der Waals surface area contributed by atoms with Gasteiger partial charge in [0.15, 0.2) is 0 Å². The number of amides is 1. The van der Waals surface area contributed by atoms with Gasteiger partial charge in [-0.3, -0.25) is 4.79 Å². The van der Waals surface area contributed by atoms with Gasteiger partial charge in [0.05, 0.1) is 0 Å². The molecule has 1 amide bonds. The van der Waals surface area contributed by atoms with Gasteiger partial charge in [-0.15, -0.1) is 0 Å². The van der Waals surface area contributed by atoms with Gasteiger partial charge in [-0.25, -0.2) is 0 Å². The molecule has 0 radical (unpaired) electrons. The van der Waals surface area contributed by atoms with Gasteiger partial charge in [-0.1, -0.05) is 18.5 Å². The monoisotopic (exact) mass is 293 g/mol. The highest BCUT2D eigenvalue weighted by Crippen LogP contribution is 2.21. The number of hydrogen-bond acceptors (Lipinski definition) is 1. The first-order chi connectivity index (χ1) is 8.74. The van der Waals surface area contributed by atoms with Crippen LogP contribution in [0.25, 0.3) is 0 Å². The normalized spacial score (nSPS) is 11.5. The lowest BCUT2D eigenvalue weighted by Crippen LogP contribution is -2.39. The summed E-state index contributed by atoms with van der Waals surface area (Å²) in [6, 6.07) is 4.46. The molecule has 1 aromatic rings. The molecule has 19 heavy (non-hydrogen) atoms. The smallest absolute Gasteiger partial charge is 0.330 e. The summed E-state index contributed by atoms with van der Waals surface area (Å²) in [4.78, 5) is 12.9. The number of rotatable bonds is 4. The van der Waals surface area contributed by atoms with Crippen molar-refractivity contribution in [3.05, 3.63) is 34.3 Å². The molecule has 0 fully saturated rings. The zero-order chi connectivity index (χ0) is 14.6. The standard InChI is InChI=1S/C13H15ClF3NO/c1-3-6-18(8-13(15,16)17)12(19)10-4-5-11(14)9(2)7-10/h4-5,7H,3,6,8H2,1-2H3. The minimum atomic E-state index is -4.40. The van der Waals surface area contributed by atoms with E-state index in [0.29, 0.717) is 17.0 Å². The molecule has 0 spiro atoms. The average Bonchev–Trinajstić information content (AvgIpc) is 2.29. The fourth-order valence-corrected chi connectivity index (χ4v) is 1.82. The summed E-state index contributed by atoms with van der Waals surface area (Å²) in [6.45, 7) is 2.26. The first-order valence-electron chi connectivity index (χ1n) is 5.86. The van der Waals surface area contributed by atoms with Crippen molar-refractivity contribution < 1.29 is 18.0 Å².